The smallest absolute Gasteiger partial charge is 0.469 e. The lowest BCUT2D eigenvalue weighted by molar-refractivity contribution is -0.122. The van der Waals surface area contributed by atoms with Crippen molar-refractivity contribution in [2.75, 3.05) is 6.61 Å². The number of nitrogens with zero attached hydrogens (tertiary/aromatic N) is 1. The van der Waals surface area contributed by atoms with Gasteiger partial charge < -0.3 is 19.8 Å². The summed E-state index contributed by atoms with van der Waals surface area (Å²) in [5, 5.41) is 3.98. The summed E-state index contributed by atoms with van der Waals surface area (Å²) in [7, 11) is -4.67. The number of hydrogen-bond donors (Lipinski definition) is 3. The molecule has 3 rings (SSSR count). The first-order valence-corrected chi connectivity index (χ1v) is 18.6. The van der Waals surface area contributed by atoms with Crippen LogP contribution in [0.1, 0.15) is 108 Å². The maximum absolute atomic E-state index is 12.7. The summed E-state index contributed by atoms with van der Waals surface area (Å²) in [4.78, 5) is 35.7. The number of aromatic nitrogens is 1. The molecule has 0 bridgehead atoms. The summed E-state index contributed by atoms with van der Waals surface area (Å²) < 4.78 is 22.0. The van der Waals surface area contributed by atoms with Crippen molar-refractivity contribution in [3.8, 4) is 5.75 Å². The summed E-state index contributed by atoms with van der Waals surface area (Å²) in [6.45, 7) is 2.29. The van der Waals surface area contributed by atoms with Crippen LogP contribution >= 0.6 is 7.82 Å². The number of ether oxygens (including phenoxy) is 1. The van der Waals surface area contributed by atoms with Gasteiger partial charge in [-0.3, -0.25) is 9.32 Å². The first-order chi connectivity index (χ1) is 22.3. The topological polar surface area (TPSA) is 118 Å². The third kappa shape index (κ3) is 16.5. The maximum atomic E-state index is 12.7. The van der Waals surface area contributed by atoms with Crippen molar-refractivity contribution in [3.05, 3.63) is 84.1 Å². The van der Waals surface area contributed by atoms with Crippen molar-refractivity contribution in [2.45, 2.75) is 116 Å². The van der Waals surface area contributed by atoms with Gasteiger partial charge in [0.2, 0.25) is 5.91 Å². The van der Waals surface area contributed by atoms with E-state index in [-0.39, 0.29) is 12.5 Å². The zero-order chi connectivity index (χ0) is 32.9. The normalized spacial score (nSPS) is 12.5. The van der Waals surface area contributed by atoms with Gasteiger partial charge in [-0.15, -0.1) is 0 Å². The molecule has 0 saturated carbocycles. The van der Waals surface area contributed by atoms with Gasteiger partial charge in [0, 0.05) is 11.8 Å². The molecule has 0 saturated heterocycles. The van der Waals surface area contributed by atoms with Gasteiger partial charge in [0.25, 0.3) is 0 Å². The van der Waals surface area contributed by atoms with Crippen LogP contribution < -0.4 is 10.1 Å². The molecule has 0 aliphatic carbocycles. The van der Waals surface area contributed by atoms with Gasteiger partial charge in [-0.1, -0.05) is 107 Å². The molecule has 8 nitrogen and oxygen atoms in total. The molecule has 46 heavy (non-hydrogen) atoms. The second-order valence-electron chi connectivity index (χ2n) is 12.0. The predicted molar refractivity (Wildman–Crippen MR) is 186 cm³/mol. The molecule has 2 aromatic carbocycles. The van der Waals surface area contributed by atoms with E-state index in [0.717, 1.165) is 54.3 Å². The molecule has 0 fully saturated rings. The lowest BCUT2D eigenvalue weighted by atomic mass is 10.1. The van der Waals surface area contributed by atoms with Gasteiger partial charge in [-0.2, -0.15) is 0 Å². The van der Waals surface area contributed by atoms with E-state index >= 15 is 0 Å². The number of fused-ring (bicyclic) bond motifs is 1. The average Bonchev–Trinajstić information content (AvgIpc) is 3.04. The number of rotatable bonds is 24. The highest BCUT2D eigenvalue weighted by Crippen LogP contribution is 2.35. The number of phosphoric ester groups is 1. The van der Waals surface area contributed by atoms with Gasteiger partial charge in [0.1, 0.15) is 12.4 Å². The average molecular weight is 653 g/mol. The molecule has 0 radical (unpaired) electrons. The highest BCUT2D eigenvalue weighted by atomic mass is 31.2. The Kier molecular flexibility index (Phi) is 17.7. The van der Waals surface area contributed by atoms with Gasteiger partial charge in [-0.05, 0) is 68.4 Å². The number of allylic oxidation sites excluding steroid dienone is 2. The van der Waals surface area contributed by atoms with Crippen LogP contribution in [-0.2, 0) is 26.9 Å². The van der Waals surface area contributed by atoms with Crippen LogP contribution in [-0.4, -0.2) is 33.3 Å². The molecule has 3 N–H and O–H groups in total. The van der Waals surface area contributed by atoms with Crippen LogP contribution in [0, 0.1) is 0 Å². The van der Waals surface area contributed by atoms with E-state index in [1.54, 1.807) is 0 Å². The number of carbonyl (C=O) groups is 1. The van der Waals surface area contributed by atoms with Crippen molar-refractivity contribution >= 4 is 24.6 Å². The summed E-state index contributed by atoms with van der Waals surface area (Å²) in [6, 6.07) is 18.8. The molecule has 1 heterocycles. The van der Waals surface area contributed by atoms with E-state index in [9.17, 15) is 19.1 Å². The lowest BCUT2D eigenvalue weighted by Crippen LogP contribution is -2.39. The summed E-state index contributed by atoms with van der Waals surface area (Å²) >= 11 is 0. The number of hydrogen-bond acceptors (Lipinski definition) is 5. The number of phosphoric acid groups is 1. The fraction of sp³-hybridized carbons (Fsp3) is 0.514. The van der Waals surface area contributed by atoms with Crippen LogP contribution in [0.2, 0.25) is 0 Å². The molecule has 0 spiro atoms. The fourth-order valence-corrected chi connectivity index (χ4v) is 5.72. The molecule has 1 amide bonds. The van der Waals surface area contributed by atoms with Gasteiger partial charge in [0.05, 0.1) is 23.9 Å². The van der Waals surface area contributed by atoms with Crippen molar-refractivity contribution in [3.63, 3.8) is 0 Å². The number of benzene rings is 2. The van der Waals surface area contributed by atoms with Crippen LogP contribution in [0.15, 0.2) is 72.8 Å². The molecule has 1 atom stereocenters. The second kappa shape index (κ2) is 21.7. The summed E-state index contributed by atoms with van der Waals surface area (Å²) in [5.41, 5.74) is 2.63. The Bertz CT molecular complexity index is 1360. The Hall–Kier alpha value is -3.03. The zero-order valence-electron chi connectivity index (χ0n) is 27.4. The molecule has 9 heteroatoms. The van der Waals surface area contributed by atoms with Crippen LogP contribution in [0.25, 0.3) is 10.9 Å². The van der Waals surface area contributed by atoms with Crippen LogP contribution in [0.4, 0.5) is 0 Å². The van der Waals surface area contributed by atoms with E-state index in [4.69, 9.17) is 9.26 Å². The largest absolute Gasteiger partial charge is 0.487 e. The van der Waals surface area contributed by atoms with Crippen LogP contribution in [0.5, 0.6) is 5.75 Å². The minimum atomic E-state index is -4.67. The molecular formula is C37H53N2O6P. The van der Waals surface area contributed by atoms with Gasteiger partial charge in [0.15, 0.2) is 0 Å². The fourth-order valence-electron chi connectivity index (χ4n) is 5.35. The molecule has 0 aliphatic rings. The molecule has 1 aromatic heterocycles. The Morgan fingerprint density at radius 3 is 2.20 bits per heavy atom. The van der Waals surface area contributed by atoms with Crippen molar-refractivity contribution in [1.82, 2.24) is 10.3 Å². The summed E-state index contributed by atoms with van der Waals surface area (Å²) in [5.74, 6) is 0.537. The SMILES string of the molecule is CCCCCCCC/C=C\CCCCCCCC(=O)N[C@@H](COP(=O)(O)O)Cc1ccc(OCc2ccc3ccccc3n2)cc1. The third-order valence-electron chi connectivity index (χ3n) is 7.92. The molecule has 3 aromatic rings. The molecule has 252 valence electrons. The van der Waals surface area contributed by atoms with Crippen molar-refractivity contribution < 1.29 is 28.4 Å². The third-order valence-corrected chi connectivity index (χ3v) is 8.41. The Morgan fingerprint density at radius 2 is 1.50 bits per heavy atom. The van der Waals surface area contributed by atoms with Gasteiger partial charge in [-0.25, -0.2) is 9.55 Å². The highest BCUT2D eigenvalue weighted by molar-refractivity contribution is 7.46. The van der Waals surface area contributed by atoms with Gasteiger partial charge >= 0.3 is 7.82 Å². The first kappa shape index (κ1) is 37.4. The Balaban J connectivity index is 1.33. The first-order valence-electron chi connectivity index (χ1n) is 17.0. The standard InChI is InChI=1S/C37H53N2O6P/c1-2-3-4-5-6-7-8-9-10-11-12-13-14-15-16-21-37(40)39-34(30-45-46(41,42)43)28-31-22-26-35(27-23-31)44-29-33-25-24-32-19-17-18-20-36(32)38-33/h9-10,17-20,22-27,34H,2-8,11-16,21,28-30H2,1H3,(H,39,40)(H2,41,42,43)/b10-9-/t34-/m1/s1. The monoisotopic (exact) mass is 652 g/mol. The zero-order valence-corrected chi connectivity index (χ0v) is 28.3. The minimum absolute atomic E-state index is 0.139. The molecule has 0 aliphatic heterocycles. The van der Waals surface area contributed by atoms with E-state index in [2.05, 4.69) is 29.4 Å². The predicted octanol–water partition coefficient (Wildman–Crippen LogP) is 8.99. The lowest BCUT2D eigenvalue weighted by Gasteiger charge is -2.19. The number of para-hydroxylation sites is 1. The van der Waals surface area contributed by atoms with E-state index in [0.29, 0.717) is 25.2 Å². The van der Waals surface area contributed by atoms with E-state index in [1.165, 1.54) is 51.4 Å². The number of carbonyl (C=O) groups excluding carboxylic acids is 1. The quantitative estimate of drug-likeness (QED) is 0.0502. The summed E-state index contributed by atoms with van der Waals surface area (Å²) in [6.07, 6.45) is 20.9. The highest BCUT2D eigenvalue weighted by Gasteiger charge is 2.20. The molecule has 0 unspecified atom stereocenters. The Morgan fingerprint density at radius 1 is 0.848 bits per heavy atom. The minimum Gasteiger partial charge on any atom is -0.487 e. The number of unbranched alkanes of at least 4 members (excludes halogenated alkanes) is 11. The second-order valence-corrected chi connectivity index (χ2v) is 13.3. The van der Waals surface area contributed by atoms with Crippen molar-refractivity contribution in [2.24, 2.45) is 0 Å². The molecular weight excluding hydrogens is 599 g/mol. The number of pyridine rings is 1. The Labute approximate surface area is 275 Å². The van der Waals surface area contributed by atoms with E-state index in [1.807, 2.05) is 60.7 Å². The maximum Gasteiger partial charge on any atom is 0.469 e. The van der Waals surface area contributed by atoms with Crippen molar-refractivity contribution in [1.29, 1.82) is 0 Å². The number of amides is 1. The van der Waals surface area contributed by atoms with Crippen LogP contribution in [0.3, 0.4) is 0 Å². The van der Waals surface area contributed by atoms with E-state index < -0.39 is 13.9 Å². The number of nitrogens with one attached hydrogen (secondary N) is 1.